The third-order valence-corrected chi connectivity index (χ3v) is 6.55. The summed E-state index contributed by atoms with van der Waals surface area (Å²) in [5.41, 5.74) is 0.991. The van der Waals surface area contributed by atoms with Crippen molar-refractivity contribution >= 4 is 10.2 Å². The summed E-state index contributed by atoms with van der Waals surface area (Å²) in [6.45, 7) is 6.58. The largest absolute Gasteiger partial charge is 0.295 e. The van der Waals surface area contributed by atoms with Gasteiger partial charge in [0.05, 0.1) is 5.69 Å². The molecule has 0 N–H and O–H groups in total. The van der Waals surface area contributed by atoms with Crippen molar-refractivity contribution in [3.05, 3.63) is 23.8 Å². The molecule has 1 aromatic heterocycles. The average Bonchev–Trinajstić information content (AvgIpc) is 2.56. The van der Waals surface area contributed by atoms with Crippen LogP contribution in [0.25, 0.3) is 0 Å². The summed E-state index contributed by atoms with van der Waals surface area (Å²) in [4.78, 5) is 10.8. The van der Waals surface area contributed by atoms with Gasteiger partial charge in [0.1, 0.15) is 5.82 Å². The van der Waals surface area contributed by atoms with Crippen molar-refractivity contribution in [2.24, 2.45) is 0 Å². The lowest BCUT2D eigenvalue weighted by atomic mass is 10.2. The molecule has 2 aliphatic heterocycles. The molecule has 0 saturated carbocycles. The highest BCUT2D eigenvalue weighted by Crippen LogP contribution is 2.18. The van der Waals surface area contributed by atoms with Gasteiger partial charge in [-0.2, -0.15) is 17.0 Å². The molecule has 128 valence electrons. The minimum Gasteiger partial charge on any atom is -0.295 e. The van der Waals surface area contributed by atoms with Crippen LogP contribution >= 0.6 is 0 Å². The molecule has 0 amide bonds. The zero-order chi connectivity index (χ0) is 16.3. The Morgan fingerprint density at radius 2 is 1.65 bits per heavy atom. The van der Waals surface area contributed by atoms with E-state index in [1.807, 2.05) is 13.0 Å². The van der Waals surface area contributed by atoms with Gasteiger partial charge in [0, 0.05) is 52.0 Å². The van der Waals surface area contributed by atoms with E-state index in [-0.39, 0.29) is 0 Å². The Labute approximate surface area is 138 Å². The Hall–Kier alpha value is -1.09. The van der Waals surface area contributed by atoms with Crippen molar-refractivity contribution in [2.75, 3.05) is 39.3 Å². The van der Waals surface area contributed by atoms with Gasteiger partial charge in [0.25, 0.3) is 10.2 Å². The van der Waals surface area contributed by atoms with Gasteiger partial charge in [0.15, 0.2) is 0 Å². The molecule has 0 atom stereocenters. The van der Waals surface area contributed by atoms with Crippen LogP contribution in [0.15, 0.2) is 12.3 Å². The number of piperazine rings is 1. The monoisotopic (exact) mass is 339 g/mol. The summed E-state index contributed by atoms with van der Waals surface area (Å²) in [5, 5.41) is 0. The van der Waals surface area contributed by atoms with Crippen LogP contribution in [0.2, 0.25) is 0 Å². The lowest BCUT2D eigenvalue weighted by Crippen LogP contribution is -2.53. The number of aryl methyl sites for hydroxylation is 1. The molecular weight excluding hydrogens is 314 g/mol. The van der Waals surface area contributed by atoms with Crippen LogP contribution in [0.1, 0.15) is 30.8 Å². The van der Waals surface area contributed by atoms with Crippen molar-refractivity contribution < 1.29 is 8.42 Å². The number of aromatic nitrogens is 2. The SMILES string of the molecule is Cc1nccc(CN2CCN(S(=O)(=O)N3CCCCC3)CC2)n1. The standard InChI is InChI=1S/C15H25N5O2S/c1-14-16-6-5-15(17-14)13-18-9-11-20(12-10-18)23(21,22)19-7-3-2-4-8-19/h5-6H,2-4,7-13H2,1H3. The molecule has 0 spiro atoms. The normalized spacial score (nSPS) is 22.3. The maximum Gasteiger partial charge on any atom is 0.282 e. The van der Waals surface area contributed by atoms with Crippen LogP contribution < -0.4 is 0 Å². The van der Waals surface area contributed by atoms with E-state index in [4.69, 9.17) is 0 Å². The molecule has 0 bridgehead atoms. The highest BCUT2D eigenvalue weighted by atomic mass is 32.2. The molecule has 0 aliphatic carbocycles. The topological polar surface area (TPSA) is 69.6 Å². The molecule has 23 heavy (non-hydrogen) atoms. The zero-order valence-corrected chi connectivity index (χ0v) is 14.5. The fourth-order valence-electron chi connectivity index (χ4n) is 3.20. The van der Waals surface area contributed by atoms with Crippen molar-refractivity contribution in [2.45, 2.75) is 32.7 Å². The van der Waals surface area contributed by atoms with E-state index in [9.17, 15) is 8.42 Å². The zero-order valence-electron chi connectivity index (χ0n) is 13.7. The Morgan fingerprint density at radius 3 is 2.30 bits per heavy atom. The van der Waals surface area contributed by atoms with E-state index in [0.29, 0.717) is 26.2 Å². The lowest BCUT2D eigenvalue weighted by Gasteiger charge is -2.37. The smallest absolute Gasteiger partial charge is 0.282 e. The molecule has 0 radical (unpaired) electrons. The first-order valence-corrected chi connectivity index (χ1v) is 9.71. The molecule has 2 aliphatic rings. The van der Waals surface area contributed by atoms with Gasteiger partial charge < -0.3 is 0 Å². The summed E-state index contributed by atoms with van der Waals surface area (Å²) in [6, 6.07) is 1.92. The number of nitrogens with zero attached hydrogens (tertiary/aromatic N) is 5. The molecule has 2 saturated heterocycles. The fraction of sp³-hybridized carbons (Fsp3) is 0.733. The van der Waals surface area contributed by atoms with Gasteiger partial charge >= 0.3 is 0 Å². The molecule has 3 heterocycles. The highest BCUT2D eigenvalue weighted by Gasteiger charge is 2.32. The lowest BCUT2D eigenvalue weighted by molar-refractivity contribution is 0.171. The van der Waals surface area contributed by atoms with E-state index in [1.54, 1.807) is 14.8 Å². The molecular formula is C15H25N5O2S. The van der Waals surface area contributed by atoms with Gasteiger partial charge in [0.2, 0.25) is 0 Å². The van der Waals surface area contributed by atoms with E-state index in [0.717, 1.165) is 50.4 Å². The molecule has 0 aromatic carbocycles. The van der Waals surface area contributed by atoms with Gasteiger partial charge in [-0.3, -0.25) is 4.90 Å². The summed E-state index contributed by atoms with van der Waals surface area (Å²) >= 11 is 0. The summed E-state index contributed by atoms with van der Waals surface area (Å²) in [6.07, 6.45) is 4.87. The minimum atomic E-state index is -3.27. The van der Waals surface area contributed by atoms with Crippen LogP contribution in [0.3, 0.4) is 0 Å². The van der Waals surface area contributed by atoms with Crippen LogP contribution in [-0.4, -0.2) is 71.2 Å². The first kappa shape index (κ1) is 16.8. The Kier molecular flexibility index (Phi) is 5.25. The second-order valence-corrected chi connectivity index (χ2v) is 8.17. The minimum absolute atomic E-state index is 0.558. The summed E-state index contributed by atoms with van der Waals surface area (Å²) < 4.78 is 28.6. The third-order valence-electron chi connectivity index (χ3n) is 4.52. The summed E-state index contributed by atoms with van der Waals surface area (Å²) in [7, 11) is -3.27. The van der Waals surface area contributed by atoms with Crippen LogP contribution in [0.4, 0.5) is 0 Å². The molecule has 8 heteroatoms. The molecule has 3 rings (SSSR count). The predicted octanol–water partition coefficient (Wildman–Crippen LogP) is 0.633. The van der Waals surface area contributed by atoms with Crippen molar-refractivity contribution in [1.29, 1.82) is 0 Å². The summed E-state index contributed by atoms with van der Waals surface area (Å²) in [5.74, 6) is 0.772. The second kappa shape index (κ2) is 7.21. The Bertz CT molecular complexity index is 623. The average molecular weight is 339 g/mol. The van der Waals surface area contributed by atoms with Crippen LogP contribution in [-0.2, 0) is 16.8 Å². The first-order valence-electron chi connectivity index (χ1n) is 8.32. The van der Waals surface area contributed by atoms with Crippen molar-refractivity contribution in [3.8, 4) is 0 Å². The molecule has 2 fully saturated rings. The van der Waals surface area contributed by atoms with E-state index in [1.165, 1.54) is 0 Å². The van der Waals surface area contributed by atoms with Crippen molar-refractivity contribution in [3.63, 3.8) is 0 Å². The highest BCUT2D eigenvalue weighted by molar-refractivity contribution is 7.86. The third kappa shape index (κ3) is 4.06. The molecule has 0 unspecified atom stereocenters. The number of rotatable bonds is 4. The van der Waals surface area contributed by atoms with Crippen molar-refractivity contribution in [1.82, 2.24) is 23.5 Å². The number of hydrogen-bond donors (Lipinski definition) is 0. The maximum atomic E-state index is 12.7. The van der Waals surface area contributed by atoms with Gasteiger partial charge in [-0.1, -0.05) is 6.42 Å². The van der Waals surface area contributed by atoms with E-state index >= 15 is 0 Å². The molecule has 1 aromatic rings. The van der Waals surface area contributed by atoms with E-state index < -0.39 is 10.2 Å². The second-order valence-electron chi connectivity index (χ2n) is 6.24. The van der Waals surface area contributed by atoms with E-state index in [2.05, 4.69) is 14.9 Å². The Balaban J connectivity index is 1.55. The van der Waals surface area contributed by atoms with Gasteiger partial charge in [-0.25, -0.2) is 9.97 Å². The first-order chi connectivity index (χ1) is 11.1. The van der Waals surface area contributed by atoms with Crippen LogP contribution in [0, 0.1) is 6.92 Å². The molecule has 7 nitrogen and oxygen atoms in total. The van der Waals surface area contributed by atoms with Crippen LogP contribution in [0.5, 0.6) is 0 Å². The fourth-order valence-corrected chi connectivity index (χ4v) is 4.87. The maximum absolute atomic E-state index is 12.7. The Morgan fingerprint density at radius 1 is 1.00 bits per heavy atom. The quantitative estimate of drug-likeness (QED) is 0.805. The van der Waals surface area contributed by atoms with Gasteiger partial charge in [-0.15, -0.1) is 0 Å². The number of piperidine rings is 1. The van der Waals surface area contributed by atoms with Gasteiger partial charge in [-0.05, 0) is 25.8 Å². The number of hydrogen-bond acceptors (Lipinski definition) is 5. The predicted molar refractivity (Wildman–Crippen MR) is 88.0 cm³/mol.